The maximum atomic E-state index is 12.7. The maximum Gasteiger partial charge on any atom is 0.165 e. The maximum absolute atomic E-state index is 12.7. The van der Waals surface area contributed by atoms with Crippen LogP contribution in [0.5, 0.6) is 11.5 Å². The molecule has 40 heavy (non-hydrogen) atoms. The molecule has 2 heterocycles. The van der Waals surface area contributed by atoms with Gasteiger partial charge in [-0.3, -0.25) is 9.80 Å². The van der Waals surface area contributed by atoms with Crippen LogP contribution in [0.2, 0.25) is 0 Å². The molecule has 4 aliphatic rings. The molecule has 2 aliphatic carbocycles. The number of ether oxygens (including phenoxy) is 1. The Morgan fingerprint density at radius 1 is 1.05 bits per heavy atom. The van der Waals surface area contributed by atoms with E-state index in [0.29, 0.717) is 5.75 Å². The highest BCUT2D eigenvalue weighted by Gasteiger charge is 2.73. The van der Waals surface area contributed by atoms with Gasteiger partial charge in [0, 0.05) is 24.2 Å². The smallest absolute Gasteiger partial charge is 0.165 e. The number of aryl methyl sites for hydroxylation is 1. The zero-order valence-corrected chi connectivity index (χ0v) is 24.4. The van der Waals surface area contributed by atoms with Gasteiger partial charge in [0.05, 0.1) is 11.0 Å². The lowest BCUT2D eigenvalue weighted by Gasteiger charge is -2.65. The Kier molecular flexibility index (Phi) is 8.00. The number of phenolic OH excluding ortho intramolecular Hbond substituents is 1. The molecule has 0 aromatic heterocycles. The van der Waals surface area contributed by atoms with Gasteiger partial charge in [-0.05, 0) is 88.2 Å². The summed E-state index contributed by atoms with van der Waals surface area (Å²) in [5.41, 5.74) is 2.50. The van der Waals surface area contributed by atoms with Crippen LogP contribution in [0.3, 0.4) is 0 Å². The summed E-state index contributed by atoms with van der Waals surface area (Å²) >= 11 is 0. The molecule has 1 spiro atoms. The molecule has 0 amide bonds. The first kappa shape index (κ1) is 27.8. The average Bonchev–Trinajstić information content (AvgIpc) is 3.32. The topological polar surface area (TPSA) is 56.2 Å². The number of aliphatic hydroxyl groups is 1. The van der Waals surface area contributed by atoms with E-state index in [1.54, 1.807) is 6.07 Å². The number of hydrogen-bond donors (Lipinski definition) is 2. The molecule has 1 saturated carbocycles. The molecule has 1 saturated heterocycles. The molecule has 216 valence electrons. The molecule has 6 rings (SSSR count). The van der Waals surface area contributed by atoms with Crippen molar-refractivity contribution >= 4 is 0 Å². The van der Waals surface area contributed by atoms with Crippen molar-refractivity contribution in [2.24, 2.45) is 0 Å². The molecular formula is C35H48N2O3. The van der Waals surface area contributed by atoms with Crippen molar-refractivity contribution in [1.82, 2.24) is 9.80 Å². The van der Waals surface area contributed by atoms with Crippen LogP contribution in [0.4, 0.5) is 0 Å². The van der Waals surface area contributed by atoms with E-state index < -0.39 is 11.0 Å². The SMILES string of the molecule is C=CCN1CC[C@]23c4c5ccc(O)c4O[C@H]2[C@@H](N(CCCC)CCCCCCc2ccccc2)CC[C@@]3(O)[C@H]1C5. The third kappa shape index (κ3) is 4.49. The lowest BCUT2D eigenvalue weighted by molar-refractivity contribution is -0.198. The number of unbranched alkanes of at least 4 members (excludes halogenated alkanes) is 4. The molecule has 5 heteroatoms. The summed E-state index contributed by atoms with van der Waals surface area (Å²) in [5.74, 6) is 0.883. The normalized spacial score (nSPS) is 30.2. The molecule has 5 nitrogen and oxygen atoms in total. The Labute approximate surface area is 240 Å². The first-order chi connectivity index (χ1) is 19.5. The molecular weight excluding hydrogens is 496 g/mol. The molecule has 2 bridgehead atoms. The van der Waals surface area contributed by atoms with Crippen molar-refractivity contribution in [2.75, 3.05) is 26.2 Å². The number of phenols is 1. The summed E-state index contributed by atoms with van der Waals surface area (Å²) in [6.45, 7) is 10.1. The van der Waals surface area contributed by atoms with Crippen molar-refractivity contribution in [3.05, 3.63) is 71.8 Å². The van der Waals surface area contributed by atoms with Gasteiger partial charge in [-0.15, -0.1) is 6.58 Å². The third-order valence-corrected chi connectivity index (χ3v) is 10.7. The molecule has 0 radical (unpaired) electrons. The van der Waals surface area contributed by atoms with Crippen molar-refractivity contribution in [2.45, 2.75) is 107 Å². The van der Waals surface area contributed by atoms with Crippen molar-refractivity contribution in [3.8, 4) is 11.5 Å². The summed E-state index contributed by atoms with van der Waals surface area (Å²) in [6, 6.07) is 15.0. The molecule has 2 aliphatic heterocycles. The first-order valence-electron chi connectivity index (χ1n) is 15.9. The molecule has 5 atom stereocenters. The Bertz CT molecular complexity index is 1180. The summed E-state index contributed by atoms with van der Waals surface area (Å²) in [6.07, 6.45) is 13.7. The van der Waals surface area contributed by atoms with E-state index in [4.69, 9.17) is 4.74 Å². The van der Waals surface area contributed by atoms with Crippen molar-refractivity contribution in [1.29, 1.82) is 0 Å². The Morgan fingerprint density at radius 2 is 1.85 bits per heavy atom. The quantitative estimate of drug-likeness (QED) is 0.239. The van der Waals surface area contributed by atoms with E-state index in [0.717, 1.165) is 63.8 Å². The fourth-order valence-corrected chi connectivity index (χ4v) is 8.81. The van der Waals surface area contributed by atoms with Gasteiger partial charge in [0.1, 0.15) is 6.10 Å². The summed E-state index contributed by atoms with van der Waals surface area (Å²) in [5, 5.41) is 23.6. The lowest BCUT2D eigenvalue weighted by Crippen LogP contribution is -2.78. The fraction of sp³-hybridized carbons (Fsp3) is 0.600. The second-order valence-corrected chi connectivity index (χ2v) is 12.8. The fourth-order valence-electron chi connectivity index (χ4n) is 8.81. The van der Waals surface area contributed by atoms with E-state index in [-0.39, 0.29) is 23.9 Å². The van der Waals surface area contributed by atoms with E-state index >= 15 is 0 Å². The van der Waals surface area contributed by atoms with Crippen molar-refractivity contribution in [3.63, 3.8) is 0 Å². The van der Waals surface area contributed by atoms with E-state index in [1.807, 2.05) is 6.08 Å². The first-order valence-corrected chi connectivity index (χ1v) is 15.9. The van der Waals surface area contributed by atoms with Gasteiger partial charge in [0.2, 0.25) is 0 Å². The van der Waals surface area contributed by atoms with Gasteiger partial charge in [0.15, 0.2) is 11.5 Å². The van der Waals surface area contributed by atoms with Crippen LogP contribution in [0.15, 0.2) is 55.1 Å². The minimum atomic E-state index is -0.852. The zero-order valence-electron chi connectivity index (χ0n) is 24.4. The lowest BCUT2D eigenvalue weighted by atomic mass is 9.48. The number of aromatic hydroxyl groups is 1. The monoisotopic (exact) mass is 544 g/mol. The molecule has 2 fully saturated rings. The Morgan fingerprint density at radius 3 is 2.65 bits per heavy atom. The van der Waals surface area contributed by atoms with E-state index in [9.17, 15) is 10.2 Å². The number of likely N-dealkylation sites (tertiary alicyclic amines) is 1. The number of piperidine rings is 1. The van der Waals surface area contributed by atoms with Crippen LogP contribution in [0, 0.1) is 0 Å². The van der Waals surface area contributed by atoms with Crippen LogP contribution < -0.4 is 4.74 Å². The van der Waals surface area contributed by atoms with Gasteiger partial charge in [-0.25, -0.2) is 0 Å². The van der Waals surface area contributed by atoms with Gasteiger partial charge in [-0.2, -0.15) is 0 Å². The van der Waals surface area contributed by atoms with E-state index in [2.05, 4.69) is 59.7 Å². The molecule has 2 aromatic carbocycles. The molecule has 2 aromatic rings. The predicted octanol–water partition coefficient (Wildman–Crippen LogP) is 6.01. The molecule has 2 N–H and O–H groups in total. The number of benzene rings is 2. The summed E-state index contributed by atoms with van der Waals surface area (Å²) in [4.78, 5) is 5.13. The Hall–Kier alpha value is -2.34. The van der Waals surface area contributed by atoms with Gasteiger partial charge >= 0.3 is 0 Å². The van der Waals surface area contributed by atoms with Crippen LogP contribution in [-0.2, 0) is 18.3 Å². The number of hydrogen-bond acceptors (Lipinski definition) is 5. The summed E-state index contributed by atoms with van der Waals surface area (Å²) < 4.78 is 6.85. The third-order valence-electron chi connectivity index (χ3n) is 10.7. The zero-order chi connectivity index (χ0) is 27.7. The van der Waals surface area contributed by atoms with Gasteiger partial charge in [-0.1, -0.05) is 68.7 Å². The van der Waals surface area contributed by atoms with Crippen molar-refractivity contribution < 1.29 is 14.9 Å². The predicted molar refractivity (Wildman–Crippen MR) is 161 cm³/mol. The molecule has 0 unspecified atom stereocenters. The summed E-state index contributed by atoms with van der Waals surface area (Å²) in [7, 11) is 0. The number of rotatable bonds is 13. The van der Waals surface area contributed by atoms with E-state index in [1.165, 1.54) is 49.7 Å². The van der Waals surface area contributed by atoms with Crippen LogP contribution in [0.1, 0.15) is 81.4 Å². The van der Waals surface area contributed by atoms with Crippen LogP contribution in [-0.4, -0.2) is 70.0 Å². The average molecular weight is 545 g/mol. The van der Waals surface area contributed by atoms with Gasteiger partial charge < -0.3 is 14.9 Å². The van der Waals surface area contributed by atoms with Crippen LogP contribution in [0.25, 0.3) is 0 Å². The number of nitrogens with zero attached hydrogens (tertiary/aromatic N) is 2. The highest BCUT2D eigenvalue weighted by Crippen LogP contribution is 2.65. The second-order valence-electron chi connectivity index (χ2n) is 12.8. The Balaban J connectivity index is 1.22. The minimum absolute atomic E-state index is 0.0583. The minimum Gasteiger partial charge on any atom is -0.504 e. The standard InChI is InChI=1S/C35H48N2O3/c1-3-5-22-36(23-12-7-6-9-13-26-14-10-8-11-15-26)28-18-19-35(39)30-25-27-16-17-29(38)32-31(27)34(35,33(28)40-32)20-24-37(30)21-4-2/h4,8,10-11,14-17,28,30,33,38-39H,2-3,5-7,9,12-13,18-25H2,1H3/t28-,30+,33-,34-,35+/m0/s1. The van der Waals surface area contributed by atoms with Gasteiger partial charge in [0.25, 0.3) is 0 Å². The highest BCUT2D eigenvalue weighted by molar-refractivity contribution is 5.62. The second kappa shape index (κ2) is 11.5. The largest absolute Gasteiger partial charge is 0.504 e. The van der Waals surface area contributed by atoms with Crippen LogP contribution >= 0.6 is 0 Å². The highest BCUT2D eigenvalue weighted by atomic mass is 16.5.